The lowest BCUT2D eigenvalue weighted by molar-refractivity contribution is 0.146. The molecule has 0 bridgehead atoms. The molecule has 0 rings (SSSR count). The second kappa shape index (κ2) is 11.3. The molecule has 0 aromatic rings. The van der Waals surface area contributed by atoms with Gasteiger partial charge in [0.25, 0.3) is 0 Å². The predicted molar refractivity (Wildman–Crippen MR) is 81.8 cm³/mol. The van der Waals surface area contributed by atoms with E-state index in [1.54, 1.807) is 0 Å². The van der Waals surface area contributed by atoms with E-state index in [0.717, 1.165) is 51.4 Å². The molecule has 114 valence electrons. The summed E-state index contributed by atoms with van der Waals surface area (Å²) in [6, 6.07) is 0. The van der Waals surface area contributed by atoms with E-state index in [1.807, 2.05) is 0 Å². The van der Waals surface area contributed by atoms with E-state index in [-0.39, 0.29) is 11.8 Å². The third kappa shape index (κ3) is 6.42. The molecule has 3 atom stereocenters. The van der Waals surface area contributed by atoms with Crippen LogP contribution >= 0.6 is 0 Å². The van der Waals surface area contributed by atoms with Crippen molar-refractivity contribution in [3.63, 3.8) is 0 Å². The van der Waals surface area contributed by atoms with Gasteiger partial charge in [-0.15, -0.1) is 0 Å². The van der Waals surface area contributed by atoms with Crippen LogP contribution in [0.3, 0.4) is 0 Å². The van der Waals surface area contributed by atoms with Crippen LogP contribution in [0.15, 0.2) is 5.16 Å². The Hall–Kier alpha value is -0.570. The first-order valence-electron chi connectivity index (χ1n) is 8.05. The van der Waals surface area contributed by atoms with Crippen molar-refractivity contribution in [2.24, 2.45) is 17.0 Å². The SMILES string of the molecule is CCCC[C@H](CC)/C(=N/O)[C@@H](O)[C@@H](CC)CCCC. The van der Waals surface area contributed by atoms with Crippen LogP contribution in [-0.2, 0) is 0 Å². The Morgan fingerprint density at radius 1 is 0.947 bits per heavy atom. The Bertz CT molecular complexity index is 241. The smallest absolute Gasteiger partial charge is 0.0984 e. The Morgan fingerprint density at radius 2 is 1.53 bits per heavy atom. The van der Waals surface area contributed by atoms with Gasteiger partial charge in [-0.05, 0) is 25.2 Å². The molecule has 2 N–H and O–H groups in total. The predicted octanol–water partition coefficient (Wildman–Crippen LogP) is 4.61. The number of aliphatic hydroxyl groups is 1. The summed E-state index contributed by atoms with van der Waals surface area (Å²) in [5.74, 6) is 0.442. The normalized spacial score (nSPS) is 17.2. The zero-order valence-corrected chi connectivity index (χ0v) is 13.2. The summed E-state index contributed by atoms with van der Waals surface area (Å²) in [5.41, 5.74) is 0.610. The molecule has 3 nitrogen and oxygen atoms in total. The quantitative estimate of drug-likeness (QED) is 0.327. The Morgan fingerprint density at radius 3 is 1.95 bits per heavy atom. The fourth-order valence-electron chi connectivity index (χ4n) is 2.69. The minimum atomic E-state index is -0.580. The summed E-state index contributed by atoms with van der Waals surface area (Å²) >= 11 is 0. The molecule has 0 aliphatic heterocycles. The van der Waals surface area contributed by atoms with Crippen LogP contribution in [0.4, 0.5) is 0 Å². The topological polar surface area (TPSA) is 52.8 Å². The highest BCUT2D eigenvalue weighted by Gasteiger charge is 2.27. The first kappa shape index (κ1) is 18.4. The summed E-state index contributed by atoms with van der Waals surface area (Å²) in [7, 11) is 0. The molecule has 0 spiro atoms. The highest BCUT2D eigenvalue weighted by atomic mass is 16.4. The fourth-order valence-corrected chi connectivity index (χ4v) is 2.69. The summed E-state index contributed by atoms with van der Waals surface area (Å²) < 4.78 is 0. The van der Waals surface area contributed by atoms with Crippen LogP contribution in [-0.4, -0.2) is 22.1 Å². The van der Waals surface area contributed by atoms with Gasteiger partial charge in [0.15, 0.2) is 0 Å². The number of rotatable bonds is 11. The molecule has 0 aromatic heterocycles. The molecule has 0 radical (unpaired) electrons. The van der Waals surface area contributed by atoms with E-state index >= 15 is 0 Å². The van der Waals surface area contributed by atoms with Gasteiger partial charge in [-0.2, -0.15) is 0 Å². The van der Waals surface area contributed by atoms with E-state index < -0.39 is 6.10 Å². The van der Waals surface area contributed by atoms with Crippen molar-refractivity contribution in [3.8, 4) is 0 Å². The molecule has 0 aliphatic rings. The van der Waals surface area contributed by atoms with Gasteiger partial charge in [-0.3, -0.25) is 0 Å². The molecule has 0 saturated carbocycles. The van der Waals surface area contributed by atoms with Crippen molar-refractivity contribution >= 4 is 5.71 Å². The summed E-state index contributed by atoms with van der Waals surface area (Å²) in [6.07, 6.45) is 7.83. The minimum Gasteiger partial charge on any atom is -0.411 e. The zero-order chi connectivity index (χ0) is 14.7. The second-order valence-corrected chi connectivity index (χ2v) is 5.53. The van der Waals surface area contributed by atoms with Gasteiger partial charge in [-0.1, -0.05) is 65.0 Å². The van der Waals surface area contributed by atoms with Crippen molar-refractivity contribution in [1.29, 1.82) is 0 Å². The Balaban J connectivity index is 4.69. The number of nitrogens with zero attached hydrogens (tertiary/aromatic N) is 1. The van der Waals surface area contributed by atoms with Gasteiger partial charge in [0.2, 0.25) is 0 Å². The van der Waals surface area contributed by atoms with E-state index in [2.05, 4.69) is 32.9 Å². The molecule has 0 unspecified atom stereocenters. The van der Waals surface area contributed by atoms with Gasteiger partial charge in [-0.25, -0.2) is 0 Å². The van der Waals surface area contributed by atoms with Crippen molar-refractivity contribution in [2.45, 2.75) is 85.2 Å². The van der Waals surface area contributed by atoms with Crippen LogP contribution in [0.25, 0.3) is 0 Å². The van der Waals surface area contributed by atoms with E-state index in [1.165, 1.54) is 0 Å². The van der Waals surface area contributed by atoms with Crippen LogP contribution in [0, 0.1) is 11.8 Å². The lowest BCUT2D eigenvalue weighted by Crippen LogP contribution is -2.34. The van der Waals surface area contributed by atoms with Gasteiger partial charge >= 0.3 is 0 Å². The number of aliphatic hydroxyl groups excluding tert-OH is 1. The lowest BCUT2D eigenvalue weighted by atomic mass is 9.83. The zero-order valence-electron chi connectivity index (χ0n) is 13.2. The molecular weight excluding hydrogens is 238 g/mol. The number of hydrogen-bond acceptors (Lipinski definition) is 3. The molecule has 0 amide bonds. The molecule has 0 saturated heterocycles. The maximum Gasteiger partial charge on any atom is 0.0984 e. The molecular formula is C16H33NO2. The van der Waals surface area contributed by atoms with Gasteiger partial charge in [0, 0.05) is 5.92 Å². The van der Waals surface area contributed by atoms with E-state index in [4.69, 9.17) is 0 Å². The van der Waals surface area contributed by atoms with Crippen molar-refractivity contribution in [1.82, 2.24) is 0 Å². The maximum absolute atomic E-state index is 10.5. The average Bonchev–Trinajstić information content (AvgIpc) is 2.44. The molecule has 0 heterocycles. The van der Waals surface area contributed by atoms with Crippen LogP contribution < -0.4 is 0 Å². The third-order valence-corrected chi connectivity index (χ3v) is 4.14. The summed E-state index contributed by atoms with van der Waals surface area (Å²) in [6.45, 7) is 8.53. The van der Waals surface area contributed by atoms with Crippen molar-refractivity contribution in [3.05, 3.63) is 0 Å². The number of oxime groups is 1. The average molecular weight is 271 g/mol. The molecule has 19 heavy (non-hydrogen) atoms. The van der Waals surface area contributed by atoms with Gasteiger partial charge < -0.3 is 10.3 Å². The minimum absolute atomic E-state index is 0.218. The van der Waals surface area contributed by atoms with Crippen LogP contribution in [0.1, 0.15) is 79.1 Å². The summed E-state index contributed by atoms with van der Waals surface area (Å²) in [4.78, 5) is 0. The molecule has 0 aliphatic carbocycles. The largest absolute Gasteiger partial charge is 0.411 e. The Kier molecular flexibility index (Phi) is 10.9. The summed E-state index contributed by atoms with van der Waals surface area (Å²) in [5, 5.41) is 23.3. The second-order valence-electron chi connectivity index (χ2n) is 5.53. The fraction of sp³-hybridized carbons (Fsp3) is 0.938. The monoisotopic (exact) mass is 271 g/mol. The van der Waals surface area contributed by atoms with Crippen LogP contribution in [0.5, 0.6) is 0 Å². The van der Waals surface area contributed by atoms with E-state index in [9.17, 15) is 10.3 Å². The van der Waals surface area contributed by atoms with Crippen LogP contribution in [0.2, 0.25) is 0 Å². The van der Waals surface area contributed by atoms with E-state index in [0.29, 0.717) is 5.71 Å². The standard InChI is InChI=1S/C16H33NO2/c1-5-9-11-13(7-3)15(17-19)16(18)14(8-4)12-10-6-2/h13-14,16,18-19H,5-12H2,1-4H3/b17-15-/t13-,14-,16-/m0/s1. The van der Waals surface area contributed by atoms with Gasteiger partial charge in [0.1, 0.15) is 0 Å². The molecule has 3 heteroatoms. The highest BCUT2D eigenvalue weighted by Crippen LogP contribution is 2.24. The lowest BCUT2D eigenvalue weighted by Gasteiger charge is -2.26. The number of hydrogen-bond donors (Lipinski definition) is 2. The third-order valence-electron chi connectivity index (χ3n) is 4.14. The maximum atomic E-state index is 10.5. The molecule has 0 aromatic carbocycles. The first-order valence-corrected chi connectivity index (χ1v) is 8.05. The Labute approximate surface area is 119 Å². The highest BCUT2D eigenvalue weighted by molar-refractivity contribution is 5.90. The van der Waals surface area contributed by atoms with Crippen molar-refractivity contribution < 1.29 is 10.3 Å². The first-order chi connectivity index (χ1) is 9.15. The van der Waals surface area contributed by atoms with Gasteiger partial charge in [0.05, 0.1) is 11.8 Å². The molecule has 0 fully saturated rings. The number of unbranched alkanes of at least 4 members (excludes halogenated alkanes) is 2. The van der Waals surface area contributed by atoms with Crippen molar-refractivity contribution in [2.75, 3.05) is 0 Å².